The predicted octanol–water partition coefficient (Wildman–Crippen LogP) is 6.48. The summed E-state index contributed by atoms with van der Waals surface area (Å²) in [6, 6.07) is 15.5. The van der Waals surface area contributed by atoms with Crippen molar-refractivity contribution in [2.75, 3.05) is 26.4 Å². The maximum atomic E-state index is 14.0. The fourth-order valence-electron chi connectivity index (χ4n) is 5.12. The van der Waals surface area contributed by atoms with Crippen molar-refractivity contribution in [3.63, 3.8) is 0 Å². The summed E-state index contributed by atoms with van der Waals surface area (Å²) in [6.45, 7) is 11.4. The van der Waals surface area contributed by atoms with Crippen molar-refractivity contribution >= 4 is 46.0 Å². The Labute approximate surface area is 239 Å². The Bertz CT molecular complexity index is 1210. The number of nitrogens with zero attached hydrogens (tertiary/aromatic N) is 3. The van der Waals surface area contributed by atoms with Gasteiger partial charge in [-0.05, 0) is 73.8 Å². The normalized spacial score (nSPS) is 20.9. The standard InChI is InChI=1S/C29H35Cl2N3O3S/c1-18(2)24-25(27(36)33(19(3)4)14-16-37-17-15-35)38-28-32-29(5,21-8-12-23(31)13-9-21)26(34(24)28)20-6-10-22(30)11-7-20/h6-13,18-19,26,35H,14-17H2,1-5H3. The molecule has 6 nitrogen and oxygen atoms in total. The number of aliphatic hydroxyl groups excluding tert-OH is 1. The van der Waals surface area contributed by atoms with Crippen LogP contribution in [-0.2, 0) is 15.1 Å². The number of hydrogen-bond donors (Lipinski definition) is 1. The molecule has 0 bridgehead atoms. The highest BCUT2D eigenvalue weighted by atomic mass is 35.5. The van der Waals surface area contributed by atoms with Crippen LogP contribution in [0.3, 0.4) is 0 Å². The molecule has 0 spiro atoms. The van der Waals surface area contributed by atoms with Crippen molar-refractivity contribution < 1.29 is 14.6 Å². The van der Waals surface area contributed by atoms with Crippen LogP contribution in [0, 0.1) is 5.92 Å². The molecule has 1 N–H and O–H groups in total. The zero-order valence-corrected chi connectivity index (χ0v) is 24.8. The molecule has 2 aromatic carbocycles. The van der Waals surface area contributed by atoms with E-state index in [-0.39, 0.29) is 37.1 Å². The first-order valence-corrected chi connectivity index (χ1v) is 14.5. The average molecular weight is 577 g/mol. The van der Waals surface area contributed by atoms with Gasteiger partial charge in [0.2, 0.25) is 0 Å². The fourth-order valence-corrected chi connectivity index (χ4v) is 6.73. The van der Waals surface area contributed by atoms with E-state index in [2.05, 4.69) is 25.7 Å². The van der Waals surface area contributed by atoms with Crippen LogP contribution in [0.15, 0.2) is 64.1 Å². The van der Waals surface area contributed by atoms with Crippen molar-refractivity contribution in [1.29, 1.82) is 0 Å². The number of carbonyl (C=O) groups is 1. The monoisotopic (exact) mass is 575 g/mol. The van der Waals surface area contributed by atoms with Gasteiger partial charge in [-0.15, -0.1) is 0 Å². The minimum Gasteiger partial charge on any atom is -0.394 e. The third kappa shape index (κ3) is 5.63. The second-order valence-corrected chi connectivity index (χ2v) is 12.1. The molecule has 2 atom stereocenters. The lowest BCUT2D eigenvalue weighted by molar-refractivity contribution is -0.129. The van der Waals surface area contributed by atoms with Crippen molar-refractivity contribution in [3.05, 3.63) is 80.3 Å². The molecule has 0 saturated carbocycles. The number of aliphatic hydroxyl groups is 1. The summed E-state index contributed by atoms with van der Waals surface area (Å²) in [5.74, 6) is 0.0534. The van der Waals surface area contributed by atoms with E-state index in [1.807, 2.05) is 67.3 Å². The highest BCUT2D eigenvalue weighted by Crippen LogP contribution is 2.56. The van der Waals surface area contributed by atoms with Gasteiger partial charge in [0, 0.05) is 28.3 Å². The van der Waals surface area contributed by atoms with Crippen molar-refractivity contribution in [2.24, 2.45) is 10.9 Å². The predicted molar refractivity (Wildman–Crippen MR) is 156 cm³/mol. The van der Waals surface area contributed by atoms with Crippen molar-refractivity contribution in [1.82, 2.24) is 9.80 Å². The highest BCUT2D eigenvalue weighted by molar-refractivity contribution is 8.18. The third-order valence-corrected chi connectivity index (χ3v) is 8.52. The van der Waals surface area contributed by atoms with Crippen LogP contribution < -0.4 is 0 Å². The number of benzene rings is 2. The Kier molecular flexibility index (Phi) is 9.15. The van der Waals surface area contributed by atoms with Crippen LogP contribution >= 0.6 is 35.0 Å². The topological polar surface area (TPSA) is 65.4 Å². The molecule has 1 amide bonds. The van der Waals surface area contributed by atoms with Gasteiger partial charge in [0.15, 0.2) is 5.17 Å². The molecule has 204 valence electrons. The minimum atomic E-state index is -0.606. The summed E-state index contributed by atoms with van der Waals surface area (Å²) in [7, 11) is 0. The lowest BCUT2D eigenvalue weighted by atomic mass is 9.81. The van der Waals surface area contributed by atoms with Gasteiger partial charge in [0.05, 0.1) is 25.9 Å². The second-order valence-electron chi connectivity index (χ2n) is 10.3. The van der Waals surface area contributed by atoms with E-state index in [9.17, 15) is 4.79 Å². The molecule has 2 aliphatic rings. The molecular weight excluding hydrogens is 541 g/mol. The number of allylic oxidation sites excluding steroid dienone is 1. The molecule has 0 fully saturated rings. The molecule has 0 radical (unpaired) electrons. The Hall–Kier alpha value is -2.03. The SMILES string of the molecule is CC(C)C1=C(C(=O)N(CCOCCO)C(C)C)SC2=NC(C)(c3ccc(Cl)cc3)C(c3ccc(Cl)cc3)N21. The summed E-state index contributed by atoms with van der Waals surface area (Å²) >= 11 is 13.9. The quantitative estimate of drug-likeness (QED) is 0.328. The molecule has 4 rings (SSSR count). The van der Waals surface area contributed by atoms with Gasteiger partial charge in [-0.25, -0.2) is 4.99 Å². The molecule has 0 aromatic heterocycles. The van der Waals surface area contributed by atoms with Gasteiger partial charge >= 0.3 is 0 Å². The van der Waals surface area contributed by atoms with Gasteiger partial charge < -0.3 is 19.6 Å². The molecule has 38 heavy (non-hydrogen) atoms. The molecular formula is C29H35Cl2N3O3S. The lowest BCUT2D eigenvalue weighted by Gasteiger charge is -2.37. The lowest BCUT2D eigenvalue weighted by Crippen LogP contribution is -2.41. The number of halogens is 2. The van der Waals surface area contributed by atoms with Gasteiger partial charge in [-0.1, -0.05) is 61.3 Å². The number of amidine groups is 1. The van der Waals surface area contributed by atoms with E-state index in [1.165, 1.54) is 11.8 Å². The second kappa shape index (κ2) is 12.0. The summed E-state index contributed by atoms with van der Waals surface area (Å²) in [6.07, 6.45) is 0. The third-order valence-electron chi connectivity index (χ3n) is 6.96. The number of fused-ring (bicyclic) bond motifs is 1. The van der Waals surface area contributed by atoms with Gasteiger partial charge in [-0.3, -0.25) is 4.79 Å². The zero-order valence-electron chi connectivity index (χ0n) is 22.4. The minimum absolute atomic E-state index is 0.00878. The Balaban J connectivity index is 1.78. The van der Waals surface area contributed by atoms with Gasteiger partial charge in [-0.2, -0.15) is 0 Å². The number of carbonyl (C=O) groups excluding carboxylic acids is 1. The molecule has 0 saturated heterocycles. The summed E-state index contributed by atoms with van der Waals surface area (Å²) in [4.78, 5) is 24.1. The van der Waals surface area contributed by atoms with Gasteiger partial charge in [0.25, 0.3) is 5.91 Å². The summed E-state index contributed by atoms with van der Waals surface area (Å²) in [5.41, 5.74) is 2.48. The molecule has 2 aromatic rings. The van der Waals surface area contributed by atoms with E-state index in [0.29, 0.717) is 28.1 Å². The summed E-state index contributed by atoms with van der Waals surface area (Å²) in [5, 5.41) is 11.2. The smallest absolute Gasteiger partial charge is 0.262 e. The van der Waals surface area contributed by atoms with Crippen LogP contribution in [0.4, 0.5) is 0 Å². The van der Waals surface area contributed by atoms with E-state index in [1.54, 1.807) is 0 Å². The number of rotatable bonds is 10. The Morgan fingerprint density at radius 3 is 2.24 bits per heavy atom. The maximum absolute atomic E-state index is 14.0. The zero-order chi connectivity index (χ0) is 27.6. The number of aliphatic imine (C=N–C) groups is 1. The van der Waals surface area contributed by atoms with Crippen molar-refractivity contribution in [2.45, 2.75) is 52.2 Å². The maximum Gasteiger partial charge on any atom is 0.262 e. The first-order valence-electron chi connectivity index (χ1n) is 12.9. The fraction of sp³-hybridized carbons (Fsp3) is 0.448. The molecule has 2 heterocycles. The number of ether oxygens (including phenoxy) is 1. The van der Waals surface area contributed by atoms with Crippen LogP contribution in [0.1, 0.15) is 51.8 Å². The summed E-state index contributed by atoms with van der Waals surface area (Å²) < 4.78 is 5.47. The van der Waals surface area contributed by atoms with Crippen LogP contribution in [0.25, 0.3) is 0 Å². The highest BCUT2D eigenvalue weighted by Gasteiger charge is 2.53. The van der Waals surface area contributed by atoms with Crippen LogP contribution in [0.5, 0.6) is 0 Å². The number of hydrogen-bond acceptors (Lipinski definition) is 6. The number of amides is 1. The average Bonchev–Trinajstić information content (AvgIpc) is 3.37. The number of thioether (sulfide) groups is 1. The van der Waals surface area contributed by atoms with E-state index in [0.717, 1.165) is 22.0 Å². The first kappa shape index (κ1) is 29.0. The largest absolute Gasteiger partial charge is 0.394 e. The molecule has 0 aliphatic carbocycles. The Morgan fingerprint density at radius 1 is 1.08 bits per heavy atom. The van der Waals surface area contributed by atoms with E-state index in [4.69, 9.17) is 38.0 Å². The van der Waals surface area contributed by atoms with Gasteiger partial charge in [0.1, 0.15) is 10.4 Å². The first-order chi connectivity index (χ1) is 18.1. The van der Waals surface area contributed by atoms with Crippen LogP contribution in [0.2, 0.25) is 10.0 Å². The Morgan fingerprint density at radius 2 is 1.68 bits per heavy atom. The van der Waals surface area contributed by atoms with E-state index >= 15 is 0 Å². The molecule has 9 heteroatoms. The molecule has 2 aliphatic heterocycles. The van der Waals surface area contributed by atoms with Crippen LogP contribution in [-0.4, -0.2) is 58.4 Å². The van der Waals surface area contributed by atoms with Crippen molar-refractivity contribution in [3.8, 4) is 0 Å². The van der Waals surface area contributed by atoms with E-state index < -0.39 is 5.54 Å². The molecule has 2 unspecified atom stereocenters.